The Morgan fingerprint density at radius 3 is 2.68 bits per heavy atom. The van der Waals surface area contributed by atoms with Crippen LogP contribution in [0.3, 0.4) is 0 Å². The van der Waals surface area contributed by atoms with Gasteiger partial charge in [-0.15, -0.1) is 0 Å². The van der Waals surface area contributed by atoms with Gasteiger partial charge in [0.25, 0.3) is 0 Å². The standard InChI is InChI=1S/C17H26N4O4/c1-11-18-15(20-25-11)9-12-3-2-8-21(10-12)17(24)19-14-6-4-13(5-7-14)16(22)23/h12-14H,2-10H2,1H3,(H,19,24)(H,22,23). The second kappa shape index (κ2) is 7.84. The monoisotopic (exact) mass is 350 g/mol. The predicted molar refractivity (Wildman–Crippen MR) is 88.9 cm³/mol. The number of piperidine rings is 1. The fraction of sp³-hybridized carbons (Fsp3) is 0.765. The molecule has 0 spiro atoms. The van der Waals surface area contributed by atoms with E-state index in [-0.39, 0.29) is 18.0 Å². The van der Waals surface area contributed by atoms with E-state index in [2.05, 4.69) is 15.5 Å². The first-order valence-corrected chi connectivity index (χ1v) is 9.08. The fourth-order valence-corrected chi connectivity index (χ4v) is 3.85. The van der Waals surface area contributed by atoms with E-state index >= 15 is 0 Å². The molecule has 1 aromatic rings. The van der Waals surface area contributed by atoms with Gasteiger partial charge in [-0.3, -0.25) is 4.79 Å². The number of aryl methyl sites for hydroxylation is 1. The summed E-state index contributed by atoms with van der Waals surface area (Å²) in [4.78, 5) is 29.6. The molecule has 1 unspecified atom stereocenters. The van der Waals surface area contributed by atoms with Gasteiger partial charge in [-0.25, -0.2) is 4.79 Å². The summed E-state index contributed by atoms with van der Waals surface area (Å²) in [7, 11) is 0. The van der Waals surface area contributed by atoms with Crippen molar-refractivity contribution in [2.45, 2.75) is 57.9 Å². The average molecular weight is 350 g/mol. The first-order chi connectivity index (χ1) is 12.0. The van der Waals surface area contributed by atoms with Gasteiger partial charge in [-0.2, -0.15) is 4.98 Å². The fourth-order valence-electron chi connectivity index (χ4n) is 3.85. The summed E-state index contributed by atoms with van der Waals surface area (Å²) in [6.07, 6.45) is 5.51. The second-order valence-corrected chi connectivity index (χ2v) is 7.22. The summed E-state index contributed by atoms with van der Waals surface area (Å²) < 4.78 is 5.01. The van der Waals surface area contributed by atoms with Crippen LogP contribution in [-0.2, 0) is 11.2 Å². The first-order valence-electron chi connectivity index (χ1n) is 9.08. The molecule has 2 aliphatic rings. The number of carbonyl (C=O) groups is 2. The SMILES string of the molecule is Cc1nc(CC2CCCN(C(=O)NC3CCC(C(=O)O)CC3)C2)no1. The molecule has 3 rings (SSSR count). The van der Waals surface area contributed by atoms with E-state index in [1.54, 1.807) is 6.92 Å². The number of aliphatic carboxylic acids is 1. The highest BCUT2D eigenvalue weighted by molar-refractivity contribution is 5.75. The Kier molecular flexibility index (Phi) is 5.55. The second-order valence-electron chi connectivity index (χ2n) is 7.22. The van der Waals surface area contributed by atoms with Gasteiger partial charge in [-0.1, -0.05) is 5.16 Å². The lowest BCUT2D eigenvalue weighted by molar-refractivity contribution is -0.142. The molecule has 0 aromatic carbocycles. The summed E-state index contributed by atoms with van der Waals surface area (Å²) in [5.41, 5.74) is 0. The molecule has 1 saturated heterocycles. The molecule has 1 aliphatic heterocycles. The molecule has 2 N–H and O–H groups in total. The number of amides is 2. The van der Waals surface area contributed by atoms with E-state index in [1.165, 1.54) is 0 Å². The lowest BCUT2D eigenvalue weighted by Crippen LogP contribution is -2.49. The Balaban J connectivity index is 1.46. The zero-order valence-corrected chi connectivity index (χ0v) is 14.6. The summed E-state index contributed by atoms with van der Waals surface area (Å²) >= 11 is 0. The van der Waals surface area contributed by atoms with E-state index in [9.17, 15) is 9.59 Å². The van der Waals surface area contributed by atoms with Crippen LogP contribution in [-0.4, -0.2) is 51.3 Å². The third-order valence-electron chi connectivity index (χ3n) is 5.25. The van der Waals surface area contributed by atoms with Crippen molar-refractivity contribution in [3.05, 3.63) is 11.7 Å². The largest absolute Gasteiger partial charge is 0.481 e. The van der Waals surface area contributed by atoms with E-state index in [1.807, 2.05) is 4.90 Å². The maximum Gasteiger partial charge on any atom is 0.317 e. The van der Waals surface area contributed by atoms with Crippen molar-refractivity contribution < 1.29 is 19.2 Å². The number of hydrogen-bond donors (Lipinski definition) is 2. The Hall–Kier alpha value is -2.12. The Morgan fingerprint density at radius 2 is 2.04 bits per heavy atom. The van der Waals surface area contributed by atoms with Gasteiger partial charge >= 0.3 is 12.0 Å². The Morgan fingerprint density at radius 1 is 1.28 bits per heavy atom. The van der Waals surface area contributed by atoms with Gasteiger partial charge in [0.2, 0.25) is 5.89 Å². The van der Waals surface area contributed by atoms with Crippen LogP contribution in [0.1, 0.15) is 50.2 Å². The normalized spacial score (nSPS) is 27.1. The van der Waals surface area contributed by atoms with Crippen LogP contribution in [0.15, 0.2) is 4.52 Å². The maximum atomic E-state index is 12.5. The molecule has 2 heterocycles. The van der Waals surface area contributed by atoms with Crippen molar-refractivity contribution in [1.29, 1.82) is 0 Å². The molecule has 8 nitrogen and oxygen atoms in total. The van der Waals surface area contributed by atoms with Gasteiger partial charge in [0.05, 0.1) is 5.92 Å². The average Bonchev–Trinajstić information content (AvgIpc) is 3.00. The zero-order valence-electron chi connectivity index (χ0n) is 14.6. The molecule has 138 valence electrons. The number of carboxylic acid groups (broad SMARTS) is 1. The molecule has 1 aromatic heterocycles. The van der Waals surface area contributed by atoms with Crippen LogP contribution in [0.25, 0.3) is 0 Å². The van der Waals surface area contributed by atoms with Gasteiger partial charge in [0, 0.05) is 32.5 Å². The van der Waals surface area contributed by atoms with Crippen LogP contribution < -0.4 is 5.32 Å². The molecule has 2 amide bonds. The number of carboxylic acids is 1. The highest BCUT2D eigenvalue weighted by atomic mass is 16.5. The van der Waals surface area contributed by atoms with Crippen molar-refractivity contribution in [1.82, 2.24) is 20.4 Å². The minimum absolute atomic E-state index is 0.0345. The summed E-state index contributed by atoms with van der Waals surface area (Å²) in [6, 6.07) is 0.0519. The van der Waals surface area contributed by atoms with E-state index < -0.39 is 5.97 Å². The molecular weight excluding hydrogens is 324 g/mol. The number of nitrogens with zero attached hydrogens (tertiary/aromatic N) is 3. The maximum absolute atomic E-state index is 12.5. The lowest BCUT2D eigenvalue weighted by Gasteiger charge is -2.34. The van der Waals surface area contributed by atoms with E-state index in [0.717, 1.165) is 38.6 Å². The van der Waals surface area contributed by atoms with Gasteiger partial charge in [-0.05, 0) is 44.4 Å². The van der Waals surface area contributed by atoms with Crippen LogP contribution in [0, 0.1) is 18.8 Å². The number of nitrogens with one attached hydrogen (secondary N) is 1. The zero-order chi connectivity index (χ0) is 17.8. The molecule has 0 radical (unpaired) electrons. The van der Waals surface area contributed by atoms with Gasteiger partial charge in [0.1, 0.15) is 0 Å². The number of hydrogen-bond acceptors (Lipinski definition) is 5. The van der Waals surface area contributed by atoms with Crippen molar-refractivity contribution in [2.75, 3.05) is 13.1 Å². The van der Waals surface area contributed by atoms with E-state index in [4.69, 9.17) is 9.63 Å². The number of likely N-dealkylation sites (tertiary alicyclic amines) is 1. The Labute approximate surface area is 147 Å². The lowest BCUT2D eigenvalue weighted by atomic mass is 9.86. The molecule has 0 bridgehead atoms. The van der Waals surface area contributed by atoms with Crippen LogP contribution in [0.5, 0.6) is 0 Å². The predicted octanol–water partition coefficient (Wildman–Crippen LogP) is 1.99. The summed E-state index contributed by atoms with van der Waals surface area (Å²) in [5.74, 6) is 0.639. The molecule has 1 atom stereocenters. The van der Waals surface area contributed by atoms with Gasteiger partial charge in [0.15, 0.2) is 5.82 Å². The van der Waals surface area contributed by atoms with E-state index in [0.29, 0.717) is 37.0 Å². The Bertz CT molecular complexity index is 610. The summed E-state index contributed by atoms with van der Waals surface area (Å²) in [5, 5.41) is 16.1. The molecule has 1 saturated carbocycles. The highest BCUT2D eigenvalue weighted by Gasteiger charge is 2.29. The first kappa shape index (κ1) is 17.7. The number of rotatable bonds is 4. The topological polar surface area (TPSA) is 109 Å². The third-order valence-corrected chi connectivity index (χ3v) is 5.25. The summed E-state index contributed by atoms with van der Waals surface area (Å²) in [6.45, 7) is 3.23. The molecule has 25 heavy (non-hydrogen) atoms. The molecular formula is C17H26N4O4. The molecule has 2 fully saturated rings. The van der Waals surface area contributed by atoms with Crippen molar-refractivity contribution in [3.8, 4) is 0 Å². The third kappa shape index (κ3) is 4.70. The van der Waals surface area contributed by atoms with Crippen molar-refractivity contribution >= 4 is 12.0 Å². The van der Waals surface area contributed by atoms with Crippen LogP contribution >= 0.6 is 0 Å². The van der Waals surface area contributed by atoms with Crippen LogP contribution in [0.2, 0.25) is 0 Å². The minimum atomic E-state index is -0.722. The minimum Gasteiger partial charge on any atom is -0.481 e. The van der Waals surface area contributed by atoms with Crippen LogP contribution in [0.4, 0.5) is 4.79 Å². The van der Waals surface area contributed by atoms with Gasteiger partial charge < -0.3 is 19.8 Å². The quantitative estimate of drug-likeness (QED) is 0.859. The number of urea groups is 1. The van der Waals surface area contributed by atoms with Crippen molar-refractivity contribution in [3.63, 3.8) is 0 Å². The number of aromatic nitrogens is 2. The molecule has 8 heteroatoms. The smallest absolute Gasteiger partial charge is 0.317 e. The molecule has 1 aliphatic carbocycles. The van der Waals surface area contributed by atoms with Crippen molar-refractivity contribution in [2.24, 2.45) is 11.8 Å². The number of carbonyl (C=O) groups excluding carboxylic acids is 1. The highest BCUT2D eigenvalue weighted by Crippen LogP contribution is 2.25.